The zero-order valence-corrected chi connectivity index (χ0v) is 7.28. The predicted molar refractivity (Wildman–Crippen MR) is 46.8 cm³/mol. The molecule has 10 heavy (non-hydrogen) atoms. The Balaban J connectivity index is 3.49. The van der Waals surface area contributed by atoms with Gasteiger partial charge in [-0.1, -0.05) is 23.8 Å². The van der Waals surface area contributed by atoms with Gasteiger partial charge in [0.1, 0.15) is 0 Å². The first-order valence-corrected chi connectivity index (χ1v) is 3.85. The molecule has 0 unspecified atom stereocenters. The molecule has 0 N–H and O–H groups in total. The van der Waals surface area contributed by atoms with Crippen LogP contribution in [0.15, 0.2) is 17.2 Å². The normalized spacial score (nSPS) is 9.10. The summed E-state index contributed by atoms with van der Waals surface area (Å²) < 4.78 is 0. The van der Waals surface area contributed by atoms with Crippen LogP contribution in [0, 0.1) is 6.58 Å². The van der Waals surface area contributed by atoms with Gasteiger partial charge in [-0.25, -0.2) is 0 Å². The molecule has 0 aromatic rings. The predicted octanol–water partition coefficient (Wildman–Crippen LogP) is 3.50. The average Bonchev–Trinajstić information content (AvgIpc) is 1.88. The summed E-state index contributed by atoms with van der Waals surface area (Å²) in [6, 6.07) is 0. The first kappa shape index (κ1) is 9.48. The van der Waals surface area contributed by atoms with E-state index in [2.05, 4.69) is 20.8 Å². The Kier molecular flexibility index (Phi) is 5.00. The SMILES string of the molecule is [CH]=CCCCC(C)=C(C)C. The van der Waals surface area contributed by atoms with Gasteiger partial charge in [-0.05, 0) is 40.0 Å². The fourth-order valence-electron chi connectivity index (χ4n) is 0.735. The molecule has 0 saturated carbocycles. The second kappa shape index (κ2) is 5.28. The molecule has 0 aliphatic carbocycles. The molecule has 0 bridgehead atoms. The summed E-state index contributed by atoms with van der Waals surface area (Å²) in [4.78, 5) is 0. The number of rotatable bonds is 4. The van der Waals surface area contributed by atoms with Crippen molar-refractivity contribution >= 4 is 0 Å². The third-order valence-corrected chi connectivity index (χ3v) is 1.78. The lowest BCUT2D eigenvalue weighted by Gasteiger charge is -2.00. The summed E-state index contributed by atoms with van der Waals surface area (Å²) in [6.07, 6.45) is 5.15. The van der Waals surface area contributed by atoms with Crippen LogP contribution in [0.5, 0.6) is 0 Å². The fourth-order valence-corrected chi connectivity index (χ4v) is 0.735. The molecule has 0 aromatic carbocycles. The lowest BCUT2D eigenvalue weighted by Crippen LogP contribution is -1.80. The summed E-state index contributed by atoms with van der Waals surface area (Å²) in [6.45, 7) is 11.7. The Bertz CT molecular complexity index is 125. The van der Waals surface area contributed by atoms with Crippen LogP contribution in [0.4, 0.5) is 0 Å². The zero-order chi connectivity index (χ0) is 7.98. The minimum absolute atomic E-state index is 1.03. The Morgan fingerprint density at radius 2 is 1.90 bits per heavy atom. The van der Waals surface area contributed by atoms with E-state index in [1.807, 2.05) is 0 Å². The summed E-state index contributed by atoms with van der Waals surface area (Å²) >= 11 is 0. The van der Waals surface area contributed by atoms with Crippen molar-refractivity contribution in [2.75, 3.05) is 0 Å². The van der Waals surface area contributed by atoms with Crippen molar-refractivity contribution in [3.63, 3.8) is 0 Å². The minimum Gasteiger partial charge on any atom is -0.0845 e. The van der Waals surface area contributed by atoms with Gasteiger partial charge in [0.2, 0.25) is 0 Å². The summed E-state index contributed by atoms with van der Waals surface area (Å²) in [7, 11) is 0. The standard InChI is InChI=1S/C10H17/c1-5-6-7-8-10(4)9(2)3/h1,5H,6-8H2,2-4H3. The van der Waals surface area contributed by atoms with Crippen LogP contribution in [-0.4, -0.2) is 0 Å². The highest BCUT2D eigenvalue weighted by Gasteiger charge is 1.90. The van der Waals surface area contributed by atoms with Crippen LogP contribution in [-0.2, 0) is 0 Å². The van der Waals surface area contributed by atoms with Crippen LogP contribution in [0.1, 0.15) is 40.0 Å². The van der Waals surface area contributed by atoms with E-state index in [0.29, 0.717) is 0 Å². The number of unbranched alkanes of at least 4 members (excludes halogenated alkanes) is 1. The van der Waals surface area contributed by atoms with Gasteiger partial charge in [-0.3, -0.25) is 0 Å². The molecule has 0 saturated heterocycles. The molecule has 0 amide bonds. The molecule has 0 atom stereocenters. The topological polar surface area (TPSA) is 0 Å². The highest BCUT2D eigenvalue weighted by molar-refractivity contribution is 5.06. The third kappa shape index (κ3) is 4.37. The van der Waals surface area contributed by atoms with Gasteiger partial charge in [0.05, 0.1) is 0 Å². The first-order chi connectivity index (χ1) is 4.68. The molecular formula is C10H17. The second-order valence-corrected chi connectivity index (χ2v) is 2.91. The first-order valence-electron chi connectivity index (χ1n) is 3.85. The molecule has 0 aliphatic rings. The summed E-state index contributed by atoms with van der Waals surface area (Å²) in [5, 5.41) is 0. The monoisotopic (exact) mass is 137 g/mol. The van der Waals surface area contributed by atoms with E-state index >= 15 is 0 Å². The Morgan fingerprint density at radius 3 is 2.30 bits per heavy atom. The zero-order valence-electron chi connectivity index (χ0n) is 7.28. The third-order valence-electron chi connectivity index (χ3n) is 1.78. The largest absolute Gasteiger partial charge is 0.0845 e. The lowest BCUT2D eigenvalue weighted by molar-refractivity contribution is 0.823. The Morgan fingerprint density at radius 1 is 1.30 bits per heavy atom. The molecular weight excluding hydrogens is 120 g/mol. The maximum absolute atomic E-state index is 5.25. The van der Waals surface area contributed by atoms with Gasteiger partial charge in [0.15, 0.2) is 0 Å². The summed E-state index contributed by atoms with van der Waals surface area (Å²) in [5.74, 6) is 0. The number of hydrogen-bond acceptors (Lipinski definition) is 0. The molecule has 1 radical (unpaired) electrons. The maximum atomic E-state index is 5.25. The van der Waals surface area contributed by atoms with Crippen LogP contribution in [0.3, 0.4) is 0 Å². The van der Waals surface area contributed by atoms with Crippen LogP contribution in [0.25, 0.3) is 0 Å². The highest BCUT2D eigenvalue weighted by Crippen LogP contribution is 2.10. The van der Waals surface area contributed by atoms with Crippen molar-refractivity contribution in [1.82, 2.24) is 0 Å². The lowest BCUT2D eigenvalue weighted by atomic mass is 10.1. The van der Waals surface area contributed by atoms with Gasteiger partial charge < -0.3 is 0 Å². The average molecular weight is 137 g/mol. The quantitative estimate of drug-likeness (QED) is 0.411. The molecule has 0 heterocycles. The molecule has 0 heteroatoms. The van der Waals surface area contributed by atoms with E-state index in [-0.39, 0.29) is 0 Å². The van der Waals surface area contributed by atoms with Crippen molar-refractivity contribution in [1.29, 1.82) is 0 Å². The van der Waals surface area contributed by atoms with Crippen molar-refractivity contribution in [3.05, 3.63) is 23.8 Å². The van der Waals surface area contributed by atoms with E-state index in [1.54, 1.807) is 6.08 Å². The molecule has 0 fully saturated rings. The van der Waals surface area contributed by atoms with E-state index in [0.717, 1.165) is 6.42 Å². The van der Waals surface area contributed by atoms with E-state index in [4.69, 9.17) is 6.58 Å². The van der Waals surface area contributed by atoms with Gasteiger partial charge in [0, 0.05) is 0 Å². The van der Waals surface area contributed by atoms with E-state index in [1.165, 1.54) is 24.0 Å². The van der Waals surface area contributed by atoms with E-state index in [9.17, 15) is 0 Å². The van der Waals surface area contributed by atoms with Crippen LogP contribution >= 0.6 is 0 Å². The second-order valence-electron chi connectivity index (χ2n) is 2.91. The molecule has 0 nitrogen and oxygen atoms in total. The molecule has 0 rings (SSSR count). The van der Waals surface area contributed by atoms with Gasteiger partial charge >= 0.3 is 0 Å². The maximum Gasteiger partial charge on any atom is -0.0318 e. The van der Waals surface area contributed by atoms with E-state index < -0.39 is 0 Å². The van der Waals surface area contributed by atoms with Crippen LogP contribution < -0.4 is 0 Å². The van der Waals surface area contributed by atoms with Crippen LogP contribution in [0.2, 0.25) is 0 Å². The van der Waals surface area contributed by atoms with Gasteiger partial charge in [0.25, 0.3) is 0 Å². The van der Waals surface area contributed by atoms with Crippen molar-refractivity contribution < 1.29 is 0 Å². The van der Waals surface area contributed by atoms with Crippen molar-refractivity contribution in [2.45, 2.75) is 40.0 Å². The number of allylic oxidation sites excluding steroid dienone is 3. The Hall–Kier alpha value is -0.520. The highest BCUT2D eigenvalue weighted by atomic mass is 14.0. The minimum atomic E-state index is 1.03. The fraction of sp³-hybridized carbons (Fsp3) is 0.600. The molecule has 0 spiro atoms. The summed E-state index contributed by atoms with van der Waals surface area (Å²) in [5.41, 5.74) is 2.94. The van der Waals surface area contributed by atoms with Crippen molar-refractivity contribution in [3.8, 4) is 0 Å². The van der Waals surface area contributed by atoms with Gasteiger partial charge in [-0.2, -0.15) is 0 Å². The van der Waals surface area contributed by atoms with Gasteiger partial charge in [-0.15, -0.1) is 0 Å². The van der Waals surface area contributed by atoms with Crippen molar-refractivity contribution in [2.24, 2.45) is 0 Å². The molecule has 57 valence electrons. The smallest absolute Gasteiger partial charge is 0.0318 e. The molecule has 0 aromatic heterocycles. The molecule has 0 aliphatic heterocycles. The number of hydrogen-bond donors (Lipinski definition) is 0. The Labute approximate surface area is 64.6 Å².